The number of nitrogens with two attached hydrogens (primary N) is 1. The van der Waals surface area contributed by atoms with Crippen molar-refractivity contribution in [3.05, 3.63) is 17.8 Å². The Morgan fingerprint density at radius 1 is 1.31 bits per heavy atom. The molecule has 2 N–H and O–H groups in total. The van der Waals surface area contributed by atoms with Crippen LogP contribution < -0.4 is 5.73 Å². The molecule has 2 heterocycles. The van der Waals surface area contributed by atoms with Gasteiger partial charge < -0.3 is 10.3 Å². The second kappa shape index (κ2) is 3.11. The average Bonchev–Trinajstić information content (AvgIpc) is 2.85. The third-order valence-electron chi connectivity index (χ3n) is 3.85. The Hall–Kier alpha value is -0.810. The molecule has 3 rings (SSSR count). The number of sulfone groups is 1. The predicted molar refractivity (Wildman–Crippen MR) is 60.8 cm³/mol. The minimum Gasteiger partial charge on any atom is -0.337 e. The van der Waals surface area contributed by atoms with Crippen molar-refractivity contribution in [2.75, 3.05) is 5.75 Å². The first kappa shape index (κ1) is 10.4. The van der Waals surface area contributed by atoms with Gasteiger partial charge in [-0.05, 0) is 24.5 Å². The molecule has 1 saturated carbocycles. The Bertz CT molecular complexity index is 524. The summed E-state index contributed by atoms with van der Waals surface area (Å²) in [5, 5.41) is 0.458. The van der Waals surface area contributed by atoms with Crippen LogP contribution in [-0.2, 0) is 21.9 Å². The molecule has 1 aromatic rings. The maximum atomic E-state index is 11.7. The number of fused-ring (bicyclic) bond motifs is 1. The lowest BCUT2D eigenvalue weighted by Gasteiger charge is -2.22. The maximum absolute atomic E-state index is 11.7. The maximum Gasteiger partial charge on any atom is 0.195 e. The van der Waals surface area contributed by atoms with Crippen LogP contribution in [0.1, 0.15) is 31.2 Å². The Morgan fingerprint density at radius 3 is 2.62 bits per heavy atom. The molecule has 1 aromatic heterocycles. The van der Waals surface area contributed by atoms with Gasteiger partial charge in [-0.2, -0.15) is 0 Å². The van der Waals surface area contributed by atoms with E-state index in [1.807, 2.05) is 10.8 Å². The first-order valence-corrected chi connectivity index (χ1v) is 7.39. The van der Waals surface area contributed by atoms with E-state index >= 15 is 0 Å². The number of hydrogen-bond acceptors (Lipinski definition) is 3. The molecule has 0 aromatic carbocycles. The third-order valence-corrected chi connectivity index (χ3v) is 5.56. The van der Waals surface area contributed by atoms with E-state index in [1.54, 1.807) is 6.07 Å². The third kappa shape index (κ3) is 1.34. The fraction of sp³-hybridized carbons (Fsp3) is 0.636. The first-order chi connectivity index (χ1) is 7.51. The number of hydrogen-bond donors (Lipinski definition) is 1. The van der Waals surface area contributed by atoms with Crippen LogP contribution in [-0.4, -0.2) is 18.7 Å². The zero-order valence-corrected chi connectivity index (χ0v) is 9.96. The summed E-state index contributed by atoms with van der Waals surface area (Å²) in [6.45, 7) is 0.577. The molecule has 1 aliphatic heterocycles. The van der Waals surface area contributed by atoms with Crippen LogP contribution in [0.2, 0.25) is 0 Å². The molecule has 0 saturated heterocycles. The number of rotatable bonds is 1. The van der Waals surface area contributed by atoms with Gasteiger partial charge in [0.25, 0.3) is 0 Å². The quantitative estimate of drug-likeness (QED) is 0.796. The van der Waals surface area contributed by atoms with E-state index in [0.29, 0.717) is 11.6 Å². The van der Waals surface area contributed by atoms with Gasteiger partial charge in [0, 0.05) is 18.3 Å². The van der Waals surface area contributed by atoms with Crippen LogP contribution in [0.4, 0.5) is 0 Å². The minimum atomic E-state index is -3.03. The van der Waals surface area contributed by atoms with Crippen molar-refractivity contribution < 1.29 is 8.42 Å². The van der Waals surface area contributed by atoms with Gasteiger partial charge in [0.1, 0.15) is 5.03 Å². The Morgan fingerprint density at radius 2 is 2.00 bits per heavy atom. The Labute approximate surface area is 95.4 Å². The molecular formula is C11H16N2O2S. The lowest BCUT2D eigenvalue weighted by Crippen LogP contribution is -2.32. The van der Waals surface area contributed by atoms with Crippen LogP contribution in [0.25, 0.3) is 0 Å². The summed E-state index contributed by atoms with van der Waals surface area (Å²) in [4.78, 5) is 0. The van der Waals surface area contributed by atoms with Crippen molar-refractivity contribution in [1.82, 2.24) is 4.57 Å². The highest BCUT2D eigenvalue weighted by molar-refractivity contribution is 7.91. The highest BCUT2D eigenvalue weighted by atomic mass is 32.2. The van der Waals surface area contributed by atoms with Crippen LogP contribution in [0.5, 0.6) is 0 Å². The monoisotopic (exact) mass is 240 g/mol. The minimum absolute atomic E-state index is 0.236. The largest absolute Gasteiger partial charge is 0.337 e. The molecule has 5 heteroatoms. The SMILES string of the molecule is NC1(c2cc3n(c2)CCS3(=O)=O)CCCC1. The van der Waals surface area contributed by atoms with E-state index in [-0.39, 0.29) is 11.3 Å². The van der Waals surface area contributed by atoms with Gasteiger partial charge in [-0.3, -0.25) is 0 Å². The summed E-state index contributed by atoms with van der Waals surface area (Å²) in [6, 6.07) is 1.79. The standard InChI is InChI=1S/C11H16N2O2S/c12-11(3-1-2-4-11)9-7-10-13(8-9)5-6-16(10,14)15/h7-8H,1-6,12H2. The molecule has 0 spiro atoms. The van der Waals surface area contributed by atoms with Crippen molar-refractivity contribution in [1.29, 1.82) is 0 Å². The second-order valence-corrected chi connectivity index (χ2v) is 7.00. The molecule has 0 unspecified atom stereocenters. The molecule has 88 valence electrons. The van der Waals surface area contributed by atoms with Gasteiger partial charge in [0.05, 0.1) is 5.75 Å². The highest BCUT2D eigenvalue weighted by Gasteiger charge is 2.36. The second-order valence-electron chi connectivity index (χ2n) is 4.94. The highest BCUT2D eigenvalue weighted by Crippen LogP contribution is 2.38. The molecule has 1 fully saturated rings. The van der Waals surface area contributed by atoms with E-state index in [9.17, 15) is 8.42 Å². The molecule has 0 atom stereocenters. The fourth-order valence-electron chi connectivity index (χ4n) is 2.82. The molecule has 1 aliphatic carbocycles. The fourth-order valence-corrected chi connectivity index (χ4v) is 4.27. The van der Waals surface area contributed by atoms with Crippen LogP contribution in [0.15, 0.2) is 17.3 Å². The van der Waals surface area contributed by atoms with Gasteiger partial charge in [0.15, 0.2) is 9.84 Å². The Balaban J connectivity index is 2.07. The number of aryl methyl sites for hydroxylation is 1. The van der Waals surface area contributed by atoms with E-state index in [0.717, 1.165) is 31.2 Å². The van der Waals surface area contributed by atoms with Gasteiger partial charge in [-0.1, -0.05) is 12.8 Å². The normalized spacial score (nSPS) is 25.8. The summed E-state index contributed by atoms with van der Waals surface area (Å²) < 4.78 is 25.3. The zero-order chi connectivity index (χ0) is 11.4. The lowest BCUT2D eigenvalue weighted by atomic mass is 9.92. The van der Waals surface area contributed by atoms with Crippen molar-refractivity contribution in [2.45, 2.75) is 42.8 Å². The molecular weight excluding hydrogens is 224 g/mol. The van der Waals surface area contributed by atoms with Crippen LogP contribution in [0.3, 0.4) is 0 Å². The molecule has 16 heavy (non-hydrogen) atoms. The van der Waals surface area contributed by atoms with Crippen molar-refractivity contribution in [2.24, 2.45) is 5.73 Å². The van der Waals surface area contributed by atoms with E-state index in [4.69, 9.17) is 5.73 Å². The van der Waals surface area contributed by atoms with E-state index in [2.05, 4.69) is 0 Å². The summed E-state index contributed by atoms with van der Waals surface area (Å²) in [7, 11) is -3.03. The average molecular weight is 240 g/mol. The Kier molecular flexibility index (Phi) is 2.01. The van der Waals surface area contributed by atoms with Gasteiger partial charge in [-0.15, -0.1) is 0 Å². The van der Waals surface area contributed by atoms with Crippen LogP contribution >= 0.6 is 0 Å². The molecule has 0 bridgehead atoms. The van der Waals surface area contributed by atoms with Crippen molar-refractivity contribution in [3.8, 4) is 0 Å². The zero-order valence-electron chi connectivity index (χ0n) is 9.15. The van der Waals surface area contributed by atoms with E-state index < -0.39 is 9.84 Å². The first-order valence-electron chi connectivity index (χ1n) is 5.74. The summed E-state index contributed by atoms with van der Waals surface area (Å²) in [5.41, 5.74) is 7.04. The van der Waals surface area contributed by atoms with E-state index in [1.165, 1.54) is 0 Å². The van der Waals surface area contributed by atoms with Crippen molar-refractivity contribution >= 4 is 9.84 Å². The molecule has 0 amide bonds. The molecule has 0 radical (unpaired) electrons. The van der Waals surface area contributed by atoms with Gasteiger partial charge >= 0.3 is 0 Å². The summed E-state index contributed by atoms with van der Waals surface area (Å²) in [5.74, 6) is 0.236. The van der Waals surface area contributed by atoms with Crippen LogP contribution in [0, 0.1) is 0 Å². The molecule has 2 aliphatic rings. The lowest BCUT2D eigenvalue weighted by molar-refractivity contribution is 0.461. The smallest absolute Gasteiger partial charge is 0.195 e. The van der Waals surface area contributed by atoms with Crippen molar-refractivity contribution in [3.63, 3.8) is 0 Å². The predicted octanol–water partition coefficient (Wildman–Crippen LogP) is 1.00. The molecule has 4 nitrogen and oxygen atoms in total. The topological polar surface area (TPSA) is 65.1 Å². The number of nitrogens with zero attached hydrogens (tertiary/aromatic N) is 1. The number of aromatic nitrogens is 1. The summed E-state index contributed by atoms with van der Waals surface area (Å²) in [6.07, 6.45) is 6.16. The van der Waals surface area contributed by atoms with Gasteiger partial charge in [-0.25, -0.2) is 8.42 Å². The summed E-state index contributed by atoms with van der Waals surface area (Å²) >= 11 is 0. The van der Waals surface area contributed by atoms with Gasteiger partial charge in [0.2, 0.25) is 0 Å².